The topological polar surface area (TPSA) is 99.4 Å². The number of phenols is 1. The fraction of sp³-hybridized carbons (Fsp3) is 0.500. The van der Waals surface area contributed by atoms with Crippen LogP contribution >= 0.6 is 0 Å². The van der Waals surface area contributed by atoms with Gasteiger partial charge in [0.1, 0.15) is 18.0 Å². The largest absolute Gasteiger partial charge is 0.508 e. The molecule has 122 valence electrons. The van der Waals surface area contributed by atoms with Crippen LogP contribution in [0.15, 0.2) is 36.9 Å². The van der Waals surface area contributed by atoms with Crippen molar-refractivity contribution in [3.05, 3.63) is 42.5 Å². The molecular formula is C16H22O6. The fourth-order valence-corrected chi connectivity index (χ4v) is 2.49. The number of aromatic hydroxyl groups is 1. The van der Waals surface area contributed by atoms with Crippen molar-refractivity contribution in [1.82, 2.24) is 0 Å². The quantitative estimate of drug-likeness (QED) is 0.560. The minimum absolute atomic E-state index is 0.198. The Kier molecular flexibility index (Phi) is 5.93. The third kappa shape index (κ3) is 3.85. The molecular weight excluding hydrogens is 288 g/mol. The predicted octanol–water partition coefficient (Wildman–Crippen LogP) is 0.193. The Morgan fingerprint density at radius 3 is 2.45 bits per heavy atom. The van der Waals surface area contributed by atoms with E-state index in [1.165, 1.54) is 6.08 Å². The van der Waals surface area contributed by atoms with E-state index in [1.54, 1.807) is 24.3 Å². The van der Waals surface area contributed by atoms with Gasteiger partial charge in [-0.25, -0.2) is 0 Å². The SMILES string of the molecule is C=C[C@@H]1[C@@H](O)[C@H](OCCc2ccc(O)cc2)O[C@H](CO)[C@H]1O. The molecule has 0 aliphatic carbocycles. The van der Waals surface area contributed by atoms with E-state index in [9.17, 15) is 20.4 Å². The van der Waals surface area contributed by atoms with Crippen molar-refractivity contribution in [3.8, 4) is 5.75 Å². The number of hydrogen-bond acceptors (Lipinski definition) is 6. The monoisotopic (exact) mass is 310 g/mol. The van der Waals surface area contributed by atoms with Gasteiger partial charge in [0.25, 0.3) is 0 Å². The summed E-state index contributed by atoms with van der Waals surface area (Å²) in [4.78, 5) is 0. The standard InChI is InChI=1S/C16H22O6/c1-2-12-14(19)13(9-17)22-16(15(12)20)21-8-7-10-3-5-11(18)6-4-10/h2-6,12-20H,1,7-9H2/t12-,13+,14-,15+,16+/m0/s1. The molecule has 0 amide bonds. The van der Waals surface area contributed by atoms with Crippen molar-refractivity contribution >= 4 is 0 Å². The first-order valence-electron chi connectivity index (χ1n) is 7.21. The van der Waals surface area contributed by atoms with Gasteiger partial charge in [0.15, 0.2) is 6.29 Å². The minimum atomic E-state index is -1.05. The van der Waals surface area contributed by atoms with Crippen molar-refractivity contribution in [2.45, 2.75) is 31.0 Å². The lowest BCUT2D eigenvalue weighted by molar-refractivity contribution is -0.283. The lowest BCUT2D eigenvalue weighted by atomic mass is 9.89. The van der Waals surface area contributed by atoms with Gasteiger partial charge in [0.05, 0.1) is 19.3 Å². The van der Waals surface area contributed by atoms with Gasteiger partial charge in [-0.05, 0) is 24.1 Å². The number of aliphatic hydroxyl groups excluding tert-OH is 3. The summed E-state index contributed by atoms with van der Waals surface area (Å²) in [6.45, 7) is 3.52. The second-order valence-corrected chi connectivity index (χ2v) is 5.31. The lowest BCUT2D eigenvalue weighted by Gasteiger charge is -2.40. The molecule has 22 heavy (non-hydrogen) atoms. The summed E-state index contributed by atoms with van der Waals surface area (Å²) < 4.78 is 10.9. The normalized spacial score (nSPS) is 31.9. The zero-order chi connectivity index (χ0) is 16.1. The molecule has 0 bridgehead atoms. The molecule has 4 N–H and O–H groups in total. The number of hydrogen-bond donors (Lipinski definition) is 4. The smallest absolute Gasteiger partial charge is 0.184 e. The molecule has 1 aliphatic heterocycles. The summed E-state index contributed by atoms with van der Waals surface area (Å²) in [5.41, 5.74) is 0.974. The molecule has 0 unspecified atom stereocenters. The summed E-state index contributed by atoms with van der Waals surface area (Å²) in [5.74, 6) is -0.422. The molecule has 1 heterocycles. The highest BCUT2D eigenvalue weighted by molar-refractivity contribution is 5.25. The second kappa shape index (κ2) is 7.71. The van der Waals surface area contributed by atoms with Crippen LogP contribution in [-0.2, 0) is 15.9 Å². The Balaban J connectivity index is 1.90. The van der Waals surface area contributed by atoms with Crippen LogP contribution in [0, 0.1) is 5.92 Å². The number of rotatable bonds is 6. The van der Waals surface area contributed by atoms with Crippen LogP contribution in [0.25, 0.3) is 0 Å². The van der Waals surface area contributed by atoms with E-state index in [1.807, 2.05) is 0 Å². The van der Waals surface area contributed by atoms with Crippen LogP contribution in [0.1, 0.15) is 5.56 Å². The number of benzene rings is 1. The number of phenolic OH excluding ortho intramolecular Hbond substituents is 1. The van der Waals surface area contributed by atoms with Crippen LogP contribution in [-0.4, -0.2) is 58.2 Å². The molecule has 0 radical (unpaired) electrons. The highest BCUT2D eigenvalue weighted by Gasteiger charge is 2.43. The summed E-state index contributed by atoms with van der Waals surface area (Å²) in [6.07, 6.45) is -1.79. The molecule has 1 aliphatic rings. The molecule has 0 saturated carbocycles. The van der Waals surface area contributed by atoms with E-state index in [-0.39, 0.29) is 12.4 Å². The summed E-state index contributed by atoms with van der Waals surface area (Å²) in [6, 6.07) is 6.74. The summed E-state index contributed by atoms with van der Waals surface area (Å²) in [7, 11) is 0. The van der Waals surface area contributed by atoms with Gasteiger partial charge in [-0.3, -0.25) is 0 Å². The maximum Gasteiger partial charge on any atom is 0.184 e. The average Bonchev–Trinajstić information content (AvgIpc) is 2.52. The molecule has 1 aromatic carbocycles. The van der Waals surface area contributed by atoms with E-state index >= 15 is 0 Å². The molecule has 0 spiro atoms. The third-order valence-electron chi connectivity index (χ3n) is 3.82. The van der Waals surface area contributed by atoms with Crippen LogP contribution in [0.2, 0.25) is 0 Å². The van der Waals surface area contributed by atoms with Gasteiger partial charge in [-0.2, -0.15) is 0 Å². The van der Waals surface area contributed by atoms with Crippen molar-refractivity contribution < 1.29 is 29.9 Å². The first-order chi connectivity index (χ1) is 10.6. The minimum Gasteiger partial charge on any atom is -0.508 e. The van der Waals surface area contributed by atoms with Gasteiger partial charge in [-0.15, -0.1) is 6.58 Å². The molecule has 5 atom stereocenters. The van der Waals surface area contributed by atoms with E-state index in [2.05, 4.69) is 6.58 Å². The van der Waals surface area contributed by atoms with Gasteiger partial charge >= 0.3 is 0 Å². The first-order valence-corrected chi connectivity index (χ1v) is 7.21. The van der Waals surface area contributed by atoms with Crippen molar-refractivity contribution in [2.24, 2.45) is 5.92 Å². The molecule has 6 nitrogen and oxygen atoms in total. The average molecular weight is 310 g/mol. The van der Waals surface area contributed by atoms with Crippen molar-refractivity contribution in [2.75, 3.05) is 13.2 Å². The zero-order valence-electron chi connectivity index (χ0n) is 12.2. The molecule has 2 rings (SSSR count). The van der Waals surface area contributed by atoms with Gasteiger partial charge in [-0.1, -0.05) is 18.2 Å². The van der Waals surface area contributed by atoms with Crippen LogP contribution < -0.4 is 0 Å². The maximum absolute atomic E-state index is 10.2. The van der Waals surface area contributed by atoms with Crippen LogP contribution in [0.4, 0.5) is 0 Å². The summed E-state index contributed by atoms with van der Waals surface area (Å²) in [5, 5.41) is 38.5. The Hall–Kier alpha value is -1.44. The molecule has 1 saturated heterocycles. The van der Waals surface area contributed by atoms with Gasteiger partial charge < -0.3 is 29.9 Å². The third-order valence-corrected chi connectivity index (χ3v) is 3.82. The van der Waals surface area contributed by atoms with E-state index in [0.717, 1.165) is 5.56 Å². The Labute approximate surface area is 129 Å². The zero-order valence-corrected chi connectivity index (χ0v) is 12.2. The van der Waals surface area contributed by atoms with Gasteiger partial charge in [0.2, 0.25) is 0 Å². The van der Waals surface area contributed by atoms with Crippen LogP contribution in [0.3, 0.4) is 0 Å². The molecule has 6 heteroatoms. The highest BCUT2D eigenvalue weighted by atomic mass is 16.7. The number of ether oxygens (including phenoxy) is 2. The van der Waals surface area contributed by atoms with E-state index in [4.69, 9.17) is 9.47 Å². The Bertz CT molecular complexity index is 474. The Morgan fingerprint density at radius 1 is 1.18 bits per heavy atom. The molecule has 1 aromatic rings. The first kappa shape index (κ1) is 16.9. The lowest BCUT2D eigenvalue weighted by Crippen LogP contribution is -2.55. The van der Waals surface area contributed by atoms with Crippen LogP contribution in [0.5, 0.6) is 5.75 Å². The highest BCUT2D eigenvalue weighted by Crippen LogP contribution is 2.27. The molecule has 1 fully saturated rings. The van der Waals surface area contributed by atoms with Gasteiger partial charge in [0, 0.05) is 5.92 Å². The number of aliphatic hydroxyl groups is 3. The van der Waals surface area contributed by atoms with Crippen molar-refractivity contribution in [3.63, 3.8) is 0 Å². The second-order valence-electron chi connectivity index (χ2n) is 5.31. The van der Waals surface area contributed by atoms with E-state index in [0.29, 0.717) is 13.0 Å². The predicted molar refractivity (Wildman–Crippen MR) is 79.2 cm³/mol. The van der Waals surface area contributed by atoms with E-state index < -0.39 is 30.5 Å². The van der Waals surface area contributed by atoms with Crippen molar-refractivity contribution in [1.29, 1.82) is 0 Å². The summed E-state index contributed by atoms with van der Waals surface area (Å²) >= 11 is 0. The fourth-order valence-electron chi connectivity index (χ4n) is 2.49. The molecule has 0 aromatic heterocycles. The Morgan fingerprint density at radius 2 is 1.86 bits per heavy atom. The maximum atomic E-state index is 10.2.